The molecule has 0 fully saturated rings. The summed E-state index contributed by atoms with van der Waals surface area (Å²) in [6.45, 7) is 7.94. The minimum Gasteiger partial charge on any atom is -0.349 e. The number of hydrogen-bond donors (Lipinski definition) is 1. The summed E-state index contributed by atoms with van der Waals surface area (Å²) in [5.41, 5.74) is 0.643. The number of rotatable bonds is 6. The van der Waals surface area contributed by atoms with Crippen LogP contribution in [0.3, 0.4) is 0 Å². The number of allylic oxidation sites excluding steroid dienone is 1. The molecule has 0 aliphatic carbocycles. The van der Waals surface area contributed by atoms with Gasteiger partial charge >= 0.3 is 0 Å². The molecule has 1 aromatic carbocycles. The number of benzene rings is 1. The van der Waals surface area contributed by atoms with E-state index in [0.29, 0.717) is 16.5 Å². The van der Waals surface area contributed by atoms with E-state index in [1.54, 1.807) is 24.3 Å². The van der Waals surface area contributed by atoms with Crippen LogP contribution in [0.5, 0.6) is 0 Å². The van der Waals surface area contributed by atoms with Crippen LogP contribution in [-0.4, -0.2) is 11.9 Å². The third kappa shape index (κ3) is 4.53. The fourth-order valence-electron chi connectivity index (χ4n) is 1.74. The molecule has 0 saturated carbocycles. The zero-order valence-electron chi connectivity index (χ0n) is 10.9. The monoisotopic (exact) mass is 265 g/mol. The standard InChI is InChI=1S/C15H20ClNO/c1-4-11(3)10-14(5-2)17-15(18)12-6-8-13(16)9-7-12/h4,6-9,11,14H,1,5,10H2,2-3H3,(H,17,18). The Labute approximate surface area is 114 Å². The number of carbonyl (C=O) groups excluding carboxylic acids is 1. The van der Waals surface area contributed by atoms with Gasteiger partial charge in [0.15, 0.2) is 0 Å². The van der Waals surface area contributed by atoms with E-state index < -0.39 is 0 Å². The van der Waals surface area contributed by atoms with Crippen molar-refractivity contribution in [3.8, 4) is 0 Å². The maximum atomic E-state index is 12.0. The third-order valence-electron chi connectivity index (χ3n) is 2.99. The van der Waals surface area contributed by atoms with Gasteiger partial charge in [-0.25, -0.2) is 0 Å². The average Bonchev–Trinajstić information content (AvgIpc) is 2.38. The van der Waals surface area contributed by atoms with Crippen molar-refractivity contribution in [3.63, 3.8) is 0 Å². The molecule has 2 atom stereocenters. The van der Waals surface area contributed by atoms with Gasteiger partial charge in [0.05, 0.1) is 0 Å². The molecule has 0 saturated heterocycles. The van der Waals surface area contributed by atoms with Crippen molar-refractivity contribution in [2.75, 3.05) is 0 Å². The number of hydrogen-bond acceptors (Lipinski definition) is 1. The van der Waals surface area contributed by atoms with Crippen LogP contribution >= 0.6 is 11.6 Å². The zero-order chi connectivity index (χ0) is 13.5. The first-order chi connectivity index (χ1) is 8.56. The second-order valence-corrected chi connectivity index (χ2v) is 4.97. The number of carbonyl (C=O) groups is 1. The van der Waals surface area contributed by atoms with Crippen LogP contribution in [0.25, 0.3) is 0 Å². The predicted molar refractivity (Wildman–Crippen MR) is 77.0 cm³/mol. The summed E-state index contributed by atoms with van der Waals surface area (Å²) in [6.07, 6.45) is 3.74. The largest absolute Gasteiger partial charge is 0.349 e. The minimum absolute atomic E-state index is 0.0465. The van der Waals surface area contributed by atoms with E-state index in [2.05, 4.69) is 25.7 Å². The van der Waals surface area contributed by atoms with E-state index in [9.17, 15) is 4.79 Å². The lowest BCUT2D eigenvalue weighted by Crippen LogP contribution is -2.35. The van der Waals surface area contributed by atoms with Gasteiger partial charge in [0.2, 0.25) is 0 Å². The number of nitrogens with one attached hydrogen (secondary N) is 1. The summed E-state index contributed by atoms with van der Waals surface area (Å²) in [5, 5.41) is 3.68. The molecule has 3 heteroatoms. The summed E-state index contributed by atoms with van der Waals surface area (Å²) in [5.74, 6) is 0.357. The van der Waals surface area contributed by atoms with E-state index >= 15 is 0 Å². The molecule has 18 heavy (non-hydrogen) atoms. The minimum atomic E-state index is -0.0465. The highest BCUT2D eigenvalue weighted by atomic mass is 35.5. The van der Waals surface area contributed by atoms with E-state index in [4.69, 9.17) is 11.6 Å². The Morgan fingerprint density at radius 1 is 1.44 bits per heavy atom. The van der Waals surface area contributed by atoms with Crippen LogP contribution in [0.4, 0.5) is 0 Å². The van der Waals surface area contributed by atoms with Gasteiger partial charge in [-0.3, -0.25) is 4.79 Å². The summed E-state index contributed by atoms with van der Waals surface area (Å²) in [4.78, 5) is 12.0. The van der Waals surface area contributed by atoms with Crippen molar-refractivity contribution in [1.82, 2.24) is 5.32 Å². The first kappa shape index (κ1) is 14.8. The topological polar surface area (TPSA) is 29.1 Å². The van der Waals surface area contributed by atoms with Crippen molar-refractivity contribution < 1.29 is 4.79 Å². The van der Waals surface area contributed by atoms with E-state index in [1.807, 2.05) is 6.08 Å². The van der Waals surface area contributed by atoms with Crippen LogP contribution in [0.15, 0.2) is 36.9 Å². The summed E-state index contributed by atoms with van der Waals surface area (Å²) >= 11 is 5.79. The molecule has 1 N–H and O–H groups in total. The molecule has 1 rings (SSSR count). The van der Waals surface area contributed by atoms with Crippen LogP contribution < -0.4 is 5.32 Å². The van der Waals surface area contributed by atoms with Crippen LogP contribution in [0.2, 0.25) is 5.02 Å². The van der Waals surface area contributed by atoms with Crippen molar-refractivity contribution in [2.45, 2.75) is 32.7 Å². The van der Waals surface area contributed by atoms with E-state index in [0.717, 1.165) is 12.8 Å². The van der Waals surface area contributed by atoms with Gasteiger partial charge in [-0.2, -0.15) is 0 Å². The first-order valence-corrected chi connectivity index (χ1v) is 6.63. The lowest BCUT2D eigenvalue weighted by atomic mass is 10.00. The molecule has 0 heterocycles. The van der Waals surface area contributed by atoms with Crippen molar-refractivity contribution in [1.29, 1.82) is 0 Å². The highest BCUT2D eigenvalue weighted by Crippen LogP contribution is 2.12. The fourth-order valence-corrected chi connectivity index (χ4v) is 1.87. The zero-order valence-corrected chi connectivity index (χ0v) is 11.7. The van der Waals surface area contributed by atoms with Gasteiger partial charge in [0.25, 0.3) is 5.91 Å². The number of amides is 1. The molecule has 0 aromatic heterocycles. The van der Waals surface area contributed by atoms with Gasteiger partial charge in [-0.1, -0.05) is 31.5 Å². The molecule has 1 aromatic rings. The summed E-state index contributed by atoms with van der Waals surface area (Å²) in [6, 6.07) is 7.11. The normalized spacial score (nSPS) is 13.7. The Kier molecular flexibility index (Phi) is 5.93. The van der Waals surface area contributed by atoms with Crippen LogP contribution in [0.1, 0.15) is 37.0 Å². The smallest absolute Gasteiger partial charge is 0.251 e. The lowest BCUT2D eigenvalue weighted by molar-refractivity contribution is 0.0932. The predicted octanol–water partition coefficient (Wildman–Crippen LogP) is 4.06. The maximum absolute atomic E-state index is 12.0. The summed E-state index contributed by atoms with van der Waals surface area (Å²) in [7, 11) is 0. The lowest BCUT2D eigenvalue weighted by Gasteiger charge is -2.19. The average molecular weight is 266 g/mol. The van der Waals surface area contributed by atoms with Crippen molar-refractivity contribution >= 4 is 17.5 Å². The van der Waals surface area contributed by atoms with Gasteiger partial charge in [-0.05, 0) is 43.0 Å². The Morgan fingerprint density at radius 3 is 2.56 bits per heavy atom. The quantitative estimate of drug-likeness (QED) is 0.772. The van der Waals surface area contributed by atoms with E-state index in [-0.39, 0.29) is 11.9 Å². The molecule has 2 unspecified atom stereocenters. The van der Waals surface area contributed by atoms with E-state index in [1.165, 1.54) is 0 Å². The van der Waals surface area contributed by atoms with Crippen LogP contribution in [0, 0.1) is 5.92 Å². The Balaban J connectivity index is 2.61. The SMILES string of the molecule is C=CC(C)CC(CC)NC(=O)c1ccc(Cl)cc1. The second-order valence-electron chi connectivity index (χ2n) is 4.53. The van der Waals surface area contributed by atoms with Gasteiger partial charge < -0.3 is 5.32 Å². The van der Waals surface area contributed by atoms with Crippen molar-refractivity contribution in [2.24, 2.45) is 5.92 Å². The third-order valence-corrected chi connectivity index (χ3v) is 3.25. The highest BCUT2D eigenvalue weighted by Gasteiger charge is 2.13. The molecule has 1 amide bonds. The summed E-state index contributed by atoms with van der Waals surface area (Å²) < 4.78 is 0. The first-order valence-electron chi connectivity index (χ1n) is 6.25. The molecular formula is C15H20ClNO. The fraction of sp³-hybridized carbons (Fsp3) is 0.400. The Hall–Kier alpha value is -1.28. The molecule has 0 spiro atoms. The molecule has 0 radical (unpaired) electrons. The Bertz CT molecular complexity index is 399. The molecule has 2 nitrogen and oxygen atoms in total. The van der Waals surface area contributed by atoms with Gasteiger partial charge in [0, 0.05) is 16.6 Å². The highest BCUT2D eigenvalue weighted by molar-refractivity contribution is 6.30. The maximum Gasteiger partial charge on any atom is 0.251 e. The molecule has 98 valence electrons. The Morgan fingerprint density at radius 2 is 2.06 bits per heavy atom. The second kappa shape index (κ2) is 7.22. The van der Waals surface area contributed by atoms with Crippen molar-refractivity contribution in [3.05, 3.63) is 47.5 Å². The number of halogens is 1. The molecule has 0 aliphatic heterocycles. The van der Waals surface area contributed by atoms with Gasteiger partial charge in [0.1, 0.15) is 0 Å². The molecule has 0 bridgehead atoms. The molecule has 0 aliphatic rings. The molecular weight excluding hydrogens is 246 g/mol. The van der Waals surface area contributed by atoms with Gasteiger partial charge in [-0.15, -0.1) is 6.58 Å². The van der Waals surface area contributed by atoms with Crippen LogP contribution in [-0.2, 0) is 0 Å².